The monoisotopic (exact) mass is 333 g/mol. The Morgan fingerprint density at radius 2 is 2.09 bits per heavy atom. The third-order valence-electron chi connectivity index (χ3n) is 3.53. The lowest BCUT2D eigenvalue weighted by Gasteiger charge is -2.18. The van der Waals surface area contributed by atoms with Crippen molar-refractivity contribution in [3.05, 3.63) is 40.9 Å². The number of anilines is 2. The van der Waals surface area contributed by atoms with Gasteiger partial charge < -0.3 is 10.4 Å². The first kappa shape index (κ1) is 17.6. The van der Waals surface area contributed by atoms with E-state index in [1.54, 1.807) is 11.8 Å². The third-order valence-corrected chi connectivity index (χ3v) is 4.41. The molecular weight excluding hydrogens is 310 g/mol. The number of aliphatic hydroxyl groups excluding tert-OH is 1. The number of carbonyl (C=O) groups is 1. The Bertz CT molecular complexity index is 640. The Labute approximate surface area is 141 Å². The van der Waals surface area contributed by atoms with Crippen molar-refractivity contribution in [2.45, 2.75) is 39.8 Å². The maximum atomic E-state index is 12.0. The van der Waals surface area contributed by atoms with Gasteiger partial charge in [0.05, 0.1) is 11.4 Å². The summed E-state index contributed by atoms with van der Waals surface area (Å²) in [5.41, 5.74) is 2.87. The van der Waals surface area contributed by atoms with Crippen molar-refractivity contribution in [1.82, 2.24) is 10.3 Å². The van der Waals surface area contributed by atoms with Gasteiger partial charge in [-0.3, -0.25) is 9.69 Å². The molecule has 5 nitrogen and oxygen atoms in total. The fourth-order valence-electron chi connectivity index (χ4n) is 2.18. The standard InChI is InChI=1S/C17H23N3O2S/c1-12-4-6-16(7-5-12)20(14(3)22)17-19-15(11-23-17)10-18-13(2)8-9-21/h4-7,11,13,18,21H,8-10H2,1-3H3. The van der Waals surface area contributed by atoms with Gasteiger partial charge in [0.15, 0.2) is 5.13 Å². The van der Waals surface area contributed by atoms with Gasteiger partial charge in [-0.1, -0.05) is 17.7 Å². The van der Waals surface area contributed by atoms with Crippen LogP contribution in [0.15, 0.2) is 29.6 Å². The number of hydrogen-bond donors (Lipinski definition) is 2. The predicted octanol–water partition coefficient (Wildman–Crippen LogP) is 3.00. The molecule has 1 unspecified atom stereocenters. The maximum absolute atomic E-state index is 12.0. The molecule has 0 bridgehead atoms. The summed E-state index contributed by atoms with van der Waals surface area (Å²) >= 11 is 1.45. The zero-order valence-corrected chi connectivity index (χ0v) is 14.6. The summed E-state index contributed by atoms with van der Waals surface area (Å²) in [5.74, 6) is -0.0589. The second-order valence-corrected chi connectivity index (χ2v) is 6.44. The van der Waals surface area contributed by atoms with Crippen molar-refractivity contribution in [3.8, 4) is 0 Å². The molecule has 0 saturated carbocycles. The van der Waals surface area contributed by atoms with Gasteiger partial charge in [0, 0.05) is 31.5 Å². The van der Waals surface area contributed by atoms with Crippen molar-refractivity contribution < 1.29 is 9.90 Å². The number of aliphatic hydroxyl groups is 1. The molecule has 0 aliphatic heterocycles. The van der Waals surface area contributed by atoms with Crippen LogP contribution < -0.4 is 10.2 Å². The average molecular weight is 333 g/mol. The topological polar surface area (TPSA) is 65.5 Å². The molecule has 23 heavy (non-hydrogen) atoms. The normalized spacial score (nSPS) is 12.2. The molecule has 0 radical (unpaired) electrons. The largest absolute Gasteiger partial charge is 0.396 e. The minimum absolute atomic E-state index is 0.0589. The number of rotatable bonds is 7. The van der Waals surface area contributed by atoms with Crippen LogP contribution in [0.2, 0.25) is 0 Å². The van der Waals surface area contributed by atoms with E-state index in [0.29, 0.717) is 18.1 Å². The smallest absolute Gasteiger partial charge is 0.230 e. The molecule has 1 atom stereocenters. The molecular formula is C17H23N3O2S. The van der Waals surface area contributed by atoms with Crippen LogP contribution >= 0.6 is 11.3 Å². The van der Waals surface area contributed by atoms with E-state index in [9.17, 15) is 4.79 Å². The maximum Gasteiger partial charge on any atom is 0.230 e. The van der Waals surface area contributed by atoms with E-state index in [1.807, 2.05) is 43.5 Å². The fourth-order valence-corrected chi connectivity index (χ4v) is 3.06. The number of hydrogen-bond acceptors (Lipinski definition) is 5. The van der Waals surface area contributed by atoms with E-state index in [0.717, 1.165) is 16.9 Å². The SMILES string of the molecule is CC(=O)N(c1ccc(C)cc1)c1nc(CNC(C)CCO)cs1. The minimum Gasteiger partial charge on any atom is -0.396 e. The lowest BCUT2D eigenvalue weighted by atomic mass is 10.2. The first-order valence-electron chi connectivity index (χ1n) is 7.67. The summed E-state index contributed by atoms with van der Waals surface area (Å²) in [6.07, 6.45) is 0.708. The molecule has 1 heterocycles. The van der Waals surface area contributed by atoms with Gasteiger partial charge in [-0.15, -0.1) is 11.3 Å². The van der Waals surface area contributed by atoms with Crippen molar-refractivity contribution in [1.29, 1.82) is 0 Å². The van der Waals surface area contributed by atoms with Crippen molar-refractivity contribution in [3.63, 3.8) is 0 Å². The summed E-state index contributed by atoms with van der Waals surface area (Å²) in [5, 5.41) is 14.9. The van der Waals surface area contributed by atoms with E-state index < -0.39 is 0 Å². The number of amides is 1. The third kappa shape index (κ3) is 4.86. The first-order chi connectivity index (χ1) is 11.0. The molecule has 124 valence electrons. The molecule has 1 amide bonds. The van der Waals surface area contributed by atoms with Crippen LogP contribution in [0.25, 0.3) is 0 Å². The van der Waals surface area contributed by atoms with Crippen LogP contribution in [0.4, 0.5) is 10.8 Å². The molecule has 0 aliphatic carbocycles. The average Bonchev–Trinajstić information content (AvgIpc) is 2.96. The molecule has 0 aliphatic rings. The Kier molecular flexibility index (Phi) is 6.27. The summed E-state index contributed by atoms with van der Waals surface area (Å²) in [4.78, 5) is 18.2. The Balaban J connectivity index is 2.12. The molecule has 2 rings (SSSR count). The highest BCUT2D eigenvalue weighted by atomic mass is 32.1. The zero-order valence-electron chi connectivity index (χ0n) is 13.7. The molecule has 0 fully saturated rings. The van der Waals surface area contributed by atoms with Crippen LogP contribution in [0.3, 0.4) is 0 Å². The van der Waals surface area contributed by atoms with Gasteiger partial charge in [-0.05, 0) is 32.4 Å². The molecule has 2 N–H and O–H groups in total. The van der Waals surface area contributed by atoms with Crippen molar-refractivity contribution in [2.75, 3.05) is 11.5 Å². The number of carbonyl (C=O) groups excluding carboxylic acids is 1. The fraction of sp³-hybridized carbons (Fsp3) is 0.412. The van der Waals surface area contributed by atoms with Crippen LogP contribution in [0, 0.1) is 6.92 Å². The highest BCUT2D eigenvalue weighted by Crippen LogP contribution is 2.29. The number of aromatic nitrogens is 1. The number of benzene rings is 1. The van der Waals surface area contributed by atoms with Crippen LogP contribution in [0.5, 0.6) is 0 Å². The van der Waals surface area contributed by atoms with E-state index in [4.69, 9.17) is 5.11 Å². The van der Waals surface area contributed by atoms with Crippen molar-refractivity contribution in [2.24, 2.45) is 0 Å². The van der Waals surface area contributed by atoms with Crippen LogP contribution in [-0.4, -0.2) is 28.6 Å². The Morgan fingerprint density at radius 1 is 1.39 bits per heavy atom. The zero-order chi connectivity index (χ0) is 16.8. The summed E-state index contributed by atoms with van der Waals surface area (Å²) < 4.78 is 0. The summed E-state index contributed by atoms with van der Waals surface area (Å²) in [7, 11) is 0. The Morgan fingerprint density at radius 3 is 2.70 bits per heavy atom. The van der Waals surface area contributed by atoms with Gasteiger partial charge in [-0.2, -0.15) is 0 Å². The number of nitrogens with one attached hydrogen (secondary N) is 1. The predicted molar refractivity (Wildman–Crippen MR) is 94.1 cm³/mol. The minimum atomic E-state index is -0.0589. The van der Waals surface area contributed by atoms with Gasteiger partial charge in [0.25, 0.3) is 0 Å². The van der Waals surface area contributed by atoms with Gasteiger partial charge in [0.1, 0.15) is 0 Å². The van der Waals surface area contributed by atoms with E-state index in [-0.39, 0.29) is 18.6 Å². The number of nitrogens with zero attached hydrogens (tertiary/aromatic N) is 2. The summed E-state index contributed by atoms with van der Waals surface area (Å²) in [6, 6.07) is 8.06. The molecule has 6 heteroatoms. The highest BCUT2D eigenvalue weighted by Gasteiger charge is 2.17. The van der Waals surface area contributed by atoms with Crippen LogP contribution in [0.1, 0.15) is 31.5 Å². The lowest BCUT2D eigenvalue weighted by molar-refractivity contribution is -0.115. The second-order valence-electron chi connectivity index (χ2n) is 5.61. The first-order valence-corrected chi connectivity index (χ1v) is 8.55. The second kappa shape index (κ2) is 8.19. The molecule has 2 aromatic rings. The van der Waals surface area contributed by atoms with E-state index >= 15 is 0 Å². The van der Waals surface area contributed by atoms with Crippen molar-refractivity contribution >= 4 is 28.1 Å². The summed E-state index contributed by atoms with van der Waals surface area (Å²) in [6.45, 7) is 6.38. The molecule has 1 aromatic heterocycles. The lowest BCUT2D eigenvalue weighted by Crippen LogP contribution is -2.26. The van der Waals surface area contributed by atoms with Gasteiger partial charge in [-0.25, -0.2) is 4.98 Å². The molecule has 1 aromatic carbocycles. The quantitative estimate of drug-likeness (QED) is 0.817. The molecule has 0 saturated heterocycles. The van der Waals surface area contributed by atoms with Crippen LogP contribution in [-0.2, 0) is 11.3 Å². The van der Waals surface area contributed by atoms with Gasteiger partial charge >= 0.3 is 0 Å². The number of aryl methyl sites for hydroxylation is 1. The Hall–Kier alpha value is -1.76. The van der Waals surface area contributed by atoms with E-state index in [2.05, 4.69) is 10.3 Å². The van der Waals surface area contributed by atoms with Gasteiger partial charge in [0.2, 0.25) is 5.91 Å². The highest BCUT2D eigenvalue weighted by molar-refractivity contribution is 7.14. The molecule has 0 spiro atoms. The number of thiazole rings is 1. The van der Waals surface area contributed by atoms with E-state index in [1.165, 1.54) is 11.3 Å².